The van der Waals surface area contributed by atoms with Crippen LogP contribution >= 0.6 is 0 Å². The quantitative estimate of drug-likeness (QED) is 0.120. The lowest BCUT2D eigenvalue weighted by Gasteiger charge is -2.27. The molecule has 1 rings (SSSR count). The van der Waals surface area contributed by atoms with E-state index in [-0.39, 0.29) is 31.2 Å². The highest BCUT2D eigenvalue weighted by molar-refractivity contribution is 4.89. The van der Waals surface area contributed by atoms with Gasteiger partial charge >= 0.3 is 0 Å². The zero-order valence-electron chi connectivity index (χ0n) is 20.4. The van der Waals surface area contributed by atoms with Gasteiger partial charge in [0, 0.05) is 20.6 Å². The van der Waals surface area contributed by atoms with E-state index in [1.165, 1.54) is 64.2 Å². The lowest BCUT2D eigenvalue weighted by molar-refractivity contribution is -0.158. The van der Waals surface area contributed by atoms with Crippen LogP contribution in [0, 0.1) is 12.3 Å². The Labute approximate surface area is 191 Å². The van der Waals surface area contributed by atoms with Crippen molar-refractivity contribution in [3.8, 4) is 12.3 Å². The molecule has 0 aliphatic carbocycles. The smallest absolute Gasteiger partial charge is 0.146 e. The van der Waals surface area contributed by atoms with Crippen LogP contribution in [0.15, 0.2) is 0 Å². The van der Waals surface area contributed by atoms with Crippen molar-refractivity contribution in [3.63, 3.8) is 0 Å². The largest absolute Gasteiger partial charge is 0.370 e. The Bertz CT molecular complexity index is 436. The van der Waals surface area contributed by atoms with Crippen LogP contribution in [-0.4, -0.2) is 52.2 Å². The number of terminal acetylenes is 1. The van der Waals surface area contributed by atoms with E-state index in [1.807, 2.05) is 0 Å². The number of methoxy groups -OCH3 is 2. The van der Waals surface area contributed by atoms with E-state index in [2.05, 4.69) is 12.8 Å². The highest BCUT2D eigenvalue weighted by atomic mass is 16.7. The van der Waals surface area contributed by atoms with Gasteiger partial charge in [0.25, 0.3) is 0 Å². The summed E-state index contributed by atoms with van der Waals surface area (Å²) < 4.78 is 28.5. The molecule has 1 saturated heterocycles. The first-order valence-corrected chi connectivity index (χ1v) is 12.6. The molecule has 0 aromatic rings. The van der Waals surface area contributed by atoms with Crippen molar-refractivity contribution >= 4 is 0 Å². The Morgan fingerprint density at radius 2 is 1.26 bits per heavy atom. The molecule has 1 fully saturated rings. The summed E-state index contributed by atoms with van der Waals surface area (Å²) in [6.45, 7) is 2.85. The van der Waals surface area contributed by atoms with Crippen LogP contribution < -0.4 is 0 Å². The van der Waals surface area contributed by atoms with Gasteiger partial charge in [-0.1, -0.05) is 71.1 Å². The second-order valence-corrected chi connectivity index (χ2v) is 8.73. The van der Waals surface area contributed by atoms with Gasteiger partial charge < -0.3 is 23.7 Å². The van der Waals surface area contributed by atoms with E-state index in [4.69, 9.17) is 30.1 Å². The normalized spacial score (nSPS) is 20.6. The number of hydrogen-bond acceptors (Lipinski definition) is 5. The maximum absolute atomic E-state index is 6.39. The summed E-state index contributed by atoms with van der Waals surface area (Å²) in [5.74, 6) is 2.70. The number of hydrogen-bond donors (Lipinski definition) is 0. The third-order valence-electron chi connectivity index (χ3n) is 6.13. The van der Waals surface area contributed by atoms with Crippen molar-refractivity contribution in [2.45, 2.75) is 128 Å². The van der Waals surface area contributed by atoms with Gasteiger partial charge in [-0.2, -0.15) is 0 Å². The molecule has 0 amide bonds. The fourth-order valence-corrected chi connectivity index (χ4v) is 4.36. The fraction of sp³-hybridized carbons (Fsp3) is 0.923. The summed E-state index contributed by atoms with van der Waals surface area (Å²) in [7, 11) is 3.31. The highest BCUT2D eigenvalue weighted by Crippen LogP contribution is 2.30. The average Bonchev–Trinajstić information content (AvgIpc) is 3.27. The summed E-state index contributed by atoms with van der Waals surface area (Å²) in [6.07, 6.45) is 23.5. The standard InChI is InChI=1S/C26H48O5/c1-5-7-9-10-11-12-13-14-15-16-18-24(30-22-28-4)26-20-19-25(31-26)23(17-8-6-2)29-21-27-3/h2,23-26H,5,7-22H2,1,3-4H3/t23-,24+,25-,26+/m1/s1. The van der Waals surface area contributed by atoms with Gasteiger partial charge in [0.2, 0.25) is 0 Å². The monoisotopic (exact) mass is 440 g/mol. The van der Waals surface area contributed by atoms with Crippen LogP contribution in [0.25, 0.3) is 0 Å². The van der Waals surface area contributed by atoms with Crippen molar-refractivity contribution in [1.82, 2.24) is 0 Å². The fourth-order valence-electron chi connectivity index (χ4n) is 4.36. The minimum absolute atomic E-state index is 0.0265. The van der Waals surface area contributed by atoms with Crippen LogP contribution in [0.3, 0.4) is 0 Å². The Morgan fingerprint density at radius 3 is 1.74 bits per heavy atom. The molecular formula is C26H48O5. The molecule has 0 aromatic carbocycles. The second-order valence-electron chi connectivity index (χ2n) is 8.73. The zero-order chi connectivity index (χ0) is 22.6. The minimum atomic E-state index is -0.0265. The molecule has 0 saturated carbocycles. The molecule has 0 unspecified atom stereocenters. The first-order valence-electron chi connectivity index (χ1n) is 12.6. The predicted molar refractivity (Wildman–Crippen MR) is 126 cm³/mol. The van der Waals surface area contributed by atoms with Gasteiger partial charge in [-0.15, -0.1) is 12.3 Å². The average molecular weight is 441 g/mol. The molecular weight excluding hydrogens is 392 g/mol. The van der Waals surface area contributed by atoms with Crippen molar-refractivity contribution in [1.29, 1.82) is 0 Å². The van der Waals surface area contributed by atoms with E-state index >= 15 is 0 Å². The first-order chi connectivity index (χ1) is 15.3. The van der Waals surface area contributed by atoms with Crippen molar-refractivity contribution < 1.29 is 23.7 Å². The molecule has 0 bridgehead atoms. The second kappa shape index (κ2) is 20.0. The molecule has 4 atom stereocenters. The van der Waals surface area contributed by atoms with Gasteiger partial charge in [-0.25, -0.2) is 0 Å². The van der Waals surface area contributed by atoms with Crippen LogP contribution in [0.2, 0.25) is 0 Å². The lowest BCUT2D eigenvalue weighted by Crippen LogP contribution is -2.34. The number of unbranched alkanes of at least 4 members (excludes halogenated alkanes) is 9. The molecule has 0 N–H and O–H groups in total. The molecule has 31 heavy (non-hydrogen) atoms. The first kappa shape index (κ1) is 28.4. The Hall–Kier alpha value is -0.640. The topological polar surface area (TPSA) is 46.2 Å². The summed E-state index contributed by atoms with van der Waals surface area (Å²) in [5, 5.41) is 0. The summed E-state index contributed by atoms with van der Waals surface area (Å²) in [6, 6.07) is 0. The van der Waals surface area contributed by atoms with Gasteiger partial charge in [0.1, 0.15) is 13.6 Å². The summed E-state index contributed by atoms with van der Waals surface area (Å²) >= 11 is 0. The molecule has 5 heteroatoms. The Balaban J connectivity index is 2.32. The van der Waals surface area contributed by atoms with Crippen LogP contribution in [0.5, 0.6) is 0 Å². The third kappa shape index (κ3) is 13.5. The summed E-state index contributed by atoms with van der Waals surface area (Å²) in [5.41, 5.74) is 0. The zero-order valence-corrected chi connectivity index (χ0v) is 20.4. The van der Waals surface area contributed by atoms with Gasteiger partial charge in [0.15, 0.2) is 0 Å². The molecule has 0 aromatic heterocycles. The van der Waals surface area contributed by atoms with Gasteiger partial charge in [0.05, 0.1) is 24.4 Å². The lowest BCUT2D eigenvalue weighted by atomic mass is 10.0. The maximum Gasteiger partial charge on any atom is 0.146 e. The maximum atomic E-state index is 6.39. The predicted octanol–water partition coefficient (Wildman–Crippen LogP) is 6.24. The SMILES string of the molecule is C#CCC[C@@H](OCOC)[C@H]1CC[C@@H]([C@H](CCCCCCCCCCCC)OCOC)O1. The minimum Gasteiger partial charge on any atom is -0.370 e. The summed E-state index contributed by atoms with van der Waals surface area (Å²) in [4.78, 5) is 0. The van der Waals surface area contributed by atoms with E-state index in [1.54, 1.807) is 14.2 Å². The Morgan fingerprint density at radius 1 is 0.774 bits per heavy atom. The molecule has 1 aliphatic rings. The molecule has 0 spiro atoms. The number of ether oxygens (including phenoxy) is 5. The van der Waals surface area contributed by atoms with Gasteiger partial charge in [-0.3, -0.25) is 0 Å². The molecule has 1 heterocycles. The van der Waals surface area contributed by atoms with Crippen molar-refractivity contribution in [2.24, 2.45) is 0 Å². The Kier molecular flexibility index (Phi) is 18.3. The molecule has 1 aliphatic heterocycles. The molecule has 182 valence electrons. The van der Waals surface area contributed by atoms with Crippen molar-refractivity contribution in [3.05, 3.63) is 0 Å². The van der Waals surface area contributed by atoms with E-state index in [0.29, 0.717) is 13.2 Å². The van der Waals surface area contributed by atoms with E-state index < -0.39 is 0 Å². The van der Waals surface area contributed by atoms with Crippen molar-refractivity contribution in [2.75, 3.05) is 27.8 Å². The van der Waals surface area contributed by atoms with E-state index in [9.17, 15) is 0 Å². The van der Waals surface area contributed by atoms with Crippen LogP contribution in [0.4, 0.5) is 0 Å². The van der Waals surface area contributed by atoms with Crippen LogP contribution in [0.1, 0.15) is 103 Å². The van der Waals surface area contributed by atoms with E-state index in [0.717, 1.165) is 25.7 Å². The van der Waals surface area contributed by atoms with Crippen LogP contribution in [-0.2, 0) is 23.7 Å². The highest BCUT2D eigenvalue weighted by Gasteiger charge is 2.36. The molecule has 0 radical (unpaired) electrons. The molecule has 5 nitrogen and oxygen atoms in total. The van der Waals surface area contributed by atoms with Gasteiger partial charge in [-0.05, 0) is 25.7 Å². The third-order valence-corrected chi connectivity index (χ3v) is 6.13. The number of rotatable bonds is 21.